The van der Waals surface area contributed by atoms with Gasteiger partial charge in [-0.3, -0.25) is 4.79 Å². The van der Waals surface area contributed by atoms with Crippen molar-refractivity contribution in [3.8, 4) is 17.2 Å². The summed E-state index contributed by atoms with van der Waals surface area (Å²) in [6, 6.07) is 5.49. The summed E-state index contributed by atoms with van der Waals surface area (Å²) in [7, 11) is 1.69. The third-order valence-electron chi connectivity index (χ3n) is 2.63. The third-order valence-corrected chi connectivity index (χ3v) is 2.63. The van der Waals surface area contributed by atoms with E-state index in [2.05, 4.69) is 0 Å². The second kappa shape index (κ2) is 4.89. The number of phenols is 2. The fourth-order valence-electron chi connectivity index (χ4n) is 1.69. The van der Waals surface area contributed by atoms with E-state index in [1.807, 2.05) is 0 Å². The number of hydrogen-bond donors (Lipinski definition) is 3. The van der Waals surface area contributed by atoms with Crippen LogP contribution in [0, 0.1) is 0 Å². The van der Waals surface area contributed by atoms with E-state index in [0.717, 1.165) is 0 Å². The first-order valence-electron chi connectivity index (χ1n) is 5.56. The molecule has 5 heteroatoms. The van der Waals surface area contributed by atoms with Gasteiger partial charge in [0.25, 0.3) is 0 Å². The monoisotopic (exact) mass is 259 g/mol. The van der Waals surface area contributed by atoms with Crippen LogP contribution in [-0.4, -0.2) is 19.9 Å². The smallest absolute Gasteiger partial charge is 0.223 e. The minimum Gasteiger partial charge on any atom is -0.508 e. The normalized spacial score (nSPS) is 11.0. The largest absolute Gasteiger partial charge is 0.508 e. The van der Waals surface area contributed by atoms with Gasteiger partial charge in [-0.2, -0.15) is 0 Å². The molecule has 19 heavy (non-hydrogen) atoms. The molecule has 5 nitrogen and oxygen atoms in total. The first kappa shape index (κ1) is 12.8. The van der Waals surface area contributed by atoms with Crippen molar-refractivity contribution in [2.24, 2.45) is 7.05 Å². The highest BCUT2D eigenvalue weighted by atomic mass is 16.3. The zero-order valence-electron chi connectivity index (χ0n) is 10.2. The highest BCUT2D eigenvalue weighted by Gasteiger charge is 2.01. The molecular formula is C14H13NO4. The molecule has 0 saturated carbocycles. The Morgan fingerprint density at radius 3 is 2.26 bits per heavy atom. The Balaban J connectivity index is 2.37. The lowest BCUT2D eigenvalue weighted by atomic mass is 10.1. The molecule has 0 aliphatic heterocycles. The molecule has 1 aromatic carbocycles. The lowest BCUT2D eigenvalue weighted by Gasteiger charge is -2.04. The third kappa shape index (κ3) is 2.95. The van der Waals surface area contributed by atoms with Gasteiger partial charge in [0.2, 0.25) is 5.43 Å². The van der Waals surface area contributed by atoms with Gasteiger partial charge < -0.3 is 19.9 Å². The van der Waals surface area contributed by atoms with E-state index in [1.54, 1.807) is 23.8 Å². The Bertz CT molecular complexity index is 681. The van der Waals surface area contributed by atoms with Crippen LogP contribution in [-0.2, 0) is 7.05 Å². The van der Waals surface area contributed by atoms with Crippen LogP contribution in [0.4, 0.5) is 0 Å². The summed E-state index contributed by atoms with van der Waals surface area (Å²) in [6.07, 6.45) is 4.61. The van der Waals surface area contributed by atoms with Crippen molar-refractivity contribution in [3.05, 3.63) is 51.9 Å². The second-order valence-electron chi connectivity index (χ2n) is 4.17. The molecule has 0 unspecified atom stereocenters. The number of aromatic nitrogens is 1. The predicted octanol–water partition coefficient (Wildman–Crippen LogP) is 1.67. The maximum atomic E-state index is 11.3. The topological polar surface area (TPSA) is 82.7 Å². The van der Waals surface area contributed by atoms with Gasteiger partial charge in [-0.25, -0.2) is 0 Å². The summed E-state index contributed by atoms with van der Waals surface area (Å²) in [4.78, 5) is 11.3. The molecule has 0 amide bonds. The average Bonchev–Trinajstić information content (AvgIpc) is 2.31. The van der Waals surface area contributed by atoms with E-state index < -0.39 is 5.43 Å². The predicted molar refractivity (Wildman–Crippen MR) is 72.0 cm³/mol. The number of nitrogens with zero attached hydrogens (tertiary/aromatic N) is 1. The Morgan fingerprint density at radius 1 is 1.00 bits per heavy atom. The van der Waals surface area contributed by atoms with Gasteiger partial charge >= 0.3 is 0 Å². The number of aryl methyl sites for hydroxylation is 1. The SMILES string of the molecule is Cn1cc(O)c(=O)cc1/C=C/c1cc(O)cc(O)c1. The number of aromatic hydroxyl groups is 3. The second-order valence-corrected chi connectivity index (χ2v) is 4.17. The van der Waals surface area contributed by atoms with Gasteiger partial charge in [-0.1, -0.05) is 6.08 Å². The molecular weight excluding hydrogens is 246 g/mol. The van der Waals surface area contributed by atoms with Crippen LogP contribution in [0.15, 0.2) is 35.3 Å². The van der Waals surface area contributed by atoms with Crippen molar-refractivity contribution in [3.63, 3.8) is 0 Å². The minimum absolute atomic E-state index is 0.0424. The summed E-state index contributed by atoms with van der Waals surface area (Å²) in [6.45, 7) is 0. The molecule has 1 aromatic heterocycles. The van der Waals surface area contributed by atoms with E-state index in [9.17, 15) is 20.1 Å². The summed E-state index contributed by atoms with van der Waals surface area (Å²) in [5.41, 5.74) is 0.722. The zero-order valence-corrected chi connectivity index (χ0v) is 10.2. The van der Waals surface area contributed by atoms with E-state index in [1.165, 1.54) is 30.5 Å². The van der Waals surface area contributed by atoms with Crippen LogP contribution in [0.1, 0.15) is 11.3 Å². The van der Waals surface area contributed by atoms with Gasteiger partial charge in [0.05, 0.1) is 0 Å². The number of hydrogen-bond acceptors (Lipinski definition) is 4. The summed E-state index contributed by atoms with van der Waals surface area (Å²) in [5, 5.41) is 27.9. The molecule has 3 N–H and O–H groups in total. The summed E-state index contributed by atoms with van der Waals surface area (Å²) in [5.74, 6) is -0.395. The first-order valence-corrected chi connectivity index (χ1v) is 5.56. The molecule has 2 rings (SSSR count). The molecule has 2 aromatic rings. The molecule has 0 fully saturated rings. The molecule has 98 valence electrons. The lowest BCUT2D eigenvalue weighted by Crippen LogP contribution is -2.06. The zero-order chi connectivity index (χ0) is 14.0. The van der Waals surface area contributed by atoms with Gasteiger partial charge in [0.1, 0.15) is 11.5 Å². The Labute approximate surface area is 109 Å². The summed E-state index contributed by atoms with van der Waals surface area (Å²) >= 11 is 0. The van der Waals surface area contributed by atoms with Crippen molar-refractivity contribution in [1.82, 2.24) is 4.57 Å². The molecule has 0 radical (unpaired) electrons. The van der Waals surface area contributed by atoms with Gasteiger partial charge in [-0.15, -0.1) is 0 Å². The van der Waals surface area contributed by atoms with Crippen molar-refractivity contribution < 1.29 is 15.3 Å². The molecule has 0 bridgehead atoms. The van der Waals surface area contributed by atoms with E-state index in [0.29, 0.717) is 11.3 Å². The van der Waals surface area contributed by atoms with Crippen LogP contribution < -0.4 is 5.43 Å². The highest BCUT2D eigenvalue weighted by Crippen LogP contribution is 2.21. The van der Waals surface area contributed by atoms with E-state index in [-0.39, 0.29) is 17.2 Å². The van der Waals surface area contributed by atoms with E-state index in [4.69, 9.17) is 0 Å². The van der Waals surface area contributed by atoms with Crippen molar-refractivity contribution in [2.45, 2.75) is 0 Å². The standard InChI is InChI=1S/C14H13NO4/c1-15-8-14(19)13(18)6-10(15)3-2-9-4-11(16)7-12(17)5-9/h2-8,16-17,19H,1H3/b3-2+. The average molecular weight is 259 g/mol. The van der Waals surface area contributed by atoms with E-state index >= 15 is 0 Å². The Hall–Kier alpha value is -2.69. The molecule has 1 heterocycles. The number of pyridine rings is 1. The van der Waals surface area contributed by atoms with Gasteiger partial charge in [0.15, 0.2) is 5.75 Å². The fraction of sp³-hybridized carbons (Fsp3) is 0.0714. The Morgan fingerprint density at radius 2 is 1.63 bits per heavy atom. The van der Waals surface area contributed by atoms with Crippen LogP contribution >= 0.6 is 0 Å². The van der Waals surface area contributed by atoms with Crippen molar-refractivity contribution >= 4 is 12.2 Å². The minimum atomic E-state index is -0.462. The molecule has 0 aliphatic rings. The van der Waals surface area contributed by atoms with Crippen molar-refractivity contribution in [1.29, 1.82) is 0 Å². The number of phenolic OH excluding ortho intramolecular Hbond substituents is 2. The van der Waals surface area contributed by atoms with Crippen LogP contribution in [0.2, 0.25) is 0 Å². The van der Waals surface area contributed by atoms with Crippen LogP contribution in [0.5, 0.6) is 17.2 Å². The quantitative estimate of drug-likeness (QED) is 0.766. The molecule has 0 aliphatic carbocycles. The van der Waals surface area contributed by atoms with Crippen LogP contribution in [0.3, 0.4) is 0 Å². The molecule has 0 spiro atoms. The highest BCUT2D eigenvalue weighted by molar-refractivity contribution is 5.69. The molecule has 0 atom stereocenters. The maximum Gasteiger partial charge on any atom is 0.223 e. The Kier molecular flexibility index (Phi) is 3.29. The number of rotatable bonds is 2. The van der Waals surface area contributed by atoms with Gasteiger partial charge in [-0.05, 0) is 23.8 Å². The lowest BCUT2D eigenvalue weighted by molar-refractivity contribution is 0.450. The maximum absolute atomic E-state index is 11.3. The first-order chi connectivity index (χ1) is 8.95. The van der Waals surface area contributed by atoms with Crippen molar-refractivity contribution in [2.75, 3.05) is 0 Å². The number of benzene rings is 1. The van der Waals surface area contributed by atoms with Gasteiger partial charge in [0, 0.05) is 31.1 Å². The van der Waals surface area contributed by atoms with Crippen LogP contribution in [0.25, 0.3) is 12.2 Å². The fourth-order valence-corrected chi connectivity index (χ4v) is 1.69. The summed E-state index contributed by atoms with van der Waals surface area (Å²) < 4.78 is 1.59. The molecule has 0 saturated heterocycles.